The normalized spacial score (nSPS) is 10.5. The van der Waals surface area contributed by atoms with Gasteiger partial charge in [0.15, 0.2) is 5.82 Å². The second-order valence-electron chi connectivity index (χ2n) is 4.14. The summed E-state index contributed by atoms with van der Waals surface area (Å²) in [5, 5.41) is 3.97. The number of nitrogens with two attached hydrogens (primary N) is 1. The van der Waals surface area contributed by atoms with Gasteiger partial charge < -0.3 is 10.3 Å². The molecular weight excluding hydrogens is 240 g/mol. The molecule has 2 N–H and O–H groups in total. The third-order valence-corrected chi connectivity index (χ3v) is 2.76. The van der Waals surface area contributed by atoms with Gasteiger partial charge in [-0.3, -0.25) is 4.98 Å². The molecule has 0 atom stereocenters. The number of nitrogen functional groups attached to an aromatic ring is 1. The molecule has 0 aliphatic heterocycles. The van der Waals surface area contributed by atoms with Crippen molar-refractivity contribution in [1.82, 2.24) is 15.1 Å². The van der Waals surface area contributed by atoms with Gasteiger partial charge in [-0.25, -0.2) is 0 Å². The predicted octanol–water partition coefficient (Wildman–Crippen LogP) is 2.30. The predicted molar refractivity (Wildman–Crippen MR) is 71.2 cm³/mol. The molecule has 5 heteroatoms. The molecule has 2 heterocycles. The largest absolute Gasteiger partial charge is 0.397 e. The highest BCUT2D eigenvalue weighted by Crippen LogP contribution is 2.23. The van der Waals surface area contributed by atoms with Gasteiger partial charge in [-0.15, -0.1) is 0 Å². The quantitative estimate of drug-likeness (QED) is 0.773. The minimum atomic E-state index is 0.422. The van der Waals surface area contributed by atoms with Gasteiger partial charge in [-0.05, 0) is 11.6 Å². The molecule has 3 rings (SSSR count). The van der Waals surface area contributed by atoms with Gasteiger partial charge in [-0.1, -0.05) is 35.5 Å². The average Bonchev–Trinajstić information content (AvgIpc) is 2.89. The molecule has 0 bridgehead atoms. The minimum absolute atomic E-state index is 0.422. The Morgan fingerprint density at radius 2 is 1.95 bits per heavy atom. The number of rotatable bonds is 3. The fourth-order valence-electron chi connectivity index (χ4n) is 1.82. The zero-order valence-electron chi connectivity index (χ0n) is 10.2. The van der Waals surface area contributed by atoms with Crippen molar-refractivity contribution in [2.75, 3.05) is 5.73 Å². The van der Waals surface area contributed by atoms with Gasteiger partial charge in [0.2, 0.25) is 0 Å². The summed E-state index contributed by atoms with van der Waals surface area (Å²) in [5.74, 6) is 1.06. The summed E-state index contributed by atoms with van der Waals surface area (Å²) in [5.41, 5.74) is 8.20. The molecule has 2 aromatic heterocycles. The van der Waals surface area contributed by atoms with Crippen LogP contribution < -0.4 is 5.73 Å². The minimum Gasteiger partial charge on any atom is -0.397 e. The zero-order valence-corrected chi connectivity index (χ0v) is 10.2. The Balaban J connectivity index is 1.86. The highest BCUT2D eigenvalue weighted by atomic mass is 16.5. The lowest BCUT2D eigenvalue weighted by molar-refractivity contribution is 0.424. The molecule has 0 fully saturated rings. The molecular formula is C14H12N4O. The second-order valence-corrected chi connectivity index (χ2v) is 4.14. The number of benzene rings is 1. The van der Waals surface area contributed by atoms with Crippen LogP contribution in [0.4, 0.5) is 5.69 Å². The summed E-state index contributed by atoms with van der Waals surface area (Å²) in [4.78, 5) is 8.28. The van der Waals surface area contributed by atoms with Crippen LogP contribution in [-0.2, 0) is 6.42 Å². The Morgan fingerprint density at radius 1 is 1.11 bits per heavy atom. The van der Waals surface area contributed by atoms with Gasteiger partial charge in [0.25, 0.3) is 5.89 Å². The molecule has 0 unspecified atom stereocenters. The molecule has 0 aliphatic rings. The molecule has 1 aromatic carbocycles. The SMILES string of the molecule is Nc1cnccc1-c1nc(Cc2ccccc2)no1. The van der Waals surface area contributed by atoms with E-state index >= 15 is 0 Å². The molecule has 19 heavy (non-hydrogen) atoms. The summed E-state index contributed by atoms with van der Waals surface area (Å²) >= 11 is 0. The number of anilines is 1. The van der Waals surface area contributed by atoms with Crippen molar-refractivity contribution in [1.29, 1.82) is 0 Å². The third-order valence-electron chi connectivity index (χ3n) is 2.76. The maximum Gasteiger partial charge on any atom is 0.260 e. The van der Waals surface area contributed by atoms with Crippen molar-refractivity contribution in [3.63, 3.8) is 0 Å². The van der Waals surface area contributed by atoms with Crippen molar-refractivity contribution < 1.29 is 4.52 Å². The van der Waals surface area contributed by atoms with Gasteiger partial charge >= 0.3 is 0 Å². The van der Waals surface area contributed by atoms with Crippen molar-refractivity contribution in [3.8, 4) is 11.5 Å². The van der Waals surface area contributed by atoms with Gasteiger partial charge in [0.05, 0.1) is 17.4 Å². The summed E-state index contributed by atoms with van der Waals surface area (Å²) in [6.45, 7) is 0. The van der Waals surface area contributed by atoms with E-state index in [1.807, 2.05) is 30.3 Å². The van der Waals surface area contributed by atoms with Crippen LogP contribution in [0.2, 0.25) is 0 Å². The van der Waals surface area contributed by atoms with Crippen LogP contribution in [0.25, 0.3) is 11.5 Å². The fourth-order valence-corrected chi connectivity index (χ4v) is 1.82. The van der Waals surface area contributed by atoms with E-state index in [0.29, 0.717) is 29.4 Å². The number of aromatic nitrogens is 3. The average molecular weight is 252 g/mol. The highest BCUT2D eigenvalue weighted by Gasteiger charge is 2.11. The van der Waals surface area contributed by atoms with E-state index in [-0.39, 0.29) is 0 Å². The van der Waals surface area contributed by atoms with Crippen LogP contribution in [0.5, 0.6) is 0 Å². The standard InChI is InChI=1S/C14H12N4O/c15-12-9-16-7-6-11(12)14-17-13(18-19-14)8-10-4-2-1-3-5-10/h1-7,9H,8,15H2. The van der Waals surface area contributed by atoms with Crippen molar-refractivity contribution in [2.24, 2.45) is 0 Å². The number of hydrogen-bond donors (Lipinski definition) is 1. The van der Waals surface area contributed by atoms with Gasteiger partial charge in [0.1, 0.15) is 0 Å². The summed E-state index contributed by atoms with van der Waals surface area (Å²) in [7, 11) is 0. The lowest BCUT2D eigenvalue weighted by atomic mass is 10.1. The summed E-state index contributed by atoms with van der Waals surface area (Å²) < 4.78 is 5.23. The second kappa shape index (κ2) is 4.89. The number of nitrogens with zero attached hydrogens (tertiary/aromatic N) is 3. The van der Waals surface area contributed by atoms with Crippen LogP contribution in [0.15, 0.2) is 53.3 Å². The van der Waals surface area contributed by atoms with Crippen LogP contribution in [0, 0.1) is 0 Å². The van der Waals surface area contributed by atoms with E-state index in [0.717, 1.165) is 5.56 Å². The fraction of sp³-hybridized carbons (Fsp3) is 0.0714. The van der Waals surface area contributed by atoms with Gasteiger partial charge in [0, 0.05) is 12.6 Å². The Kier molecular flexibility index (Phi) is 2.94. The molecule has 5 nitrogen and oxygen atoms in total. The smallest absolute Gasteiger partial charge is 0.260 e. The zero-order chi connectivity index (χ0) is 13.1. The first-order chi connectivity index (χ1) is 9.33. The highest BCUT2D eigenvalue weighted by molar-refractivity contribution is 5.68. The first kappa shape index (κ1) is 11.4. The maximum absolute atomic E-state index is 5.82. The molecule has 3 aromatic rings. The van der Waals surface area contributed by atoms with Crippen molar-refractivity contribution in [2.45, 2.75) is 6.42 Å². The molecule has 0 amide bonds. The molecule has 0 saturated heterocycles. The topological polar surface area (TPSA) is 77.8 Å². The van der Waals surface area contributed by atoms with Gasteiger partial charge in [-0.2, -0.15) is 4.98 Å². The van der Waals surface area contributed by atoms with E-state index in [4.69, 9.17) is 10.3 Å². The Bertz CT molecular complexity index is 679. The number of hydrogen-bond acceptors (Lipinski definition) is 5. The molecule has 0 spiro atoms. The molecule has 0 aliphatic carbocycles. The van der Waals surface area contributed by atoms with E-state index in [9.17, 15) is 0 Å². The summed E-state index contributed by atoms with van der Waals surface area (Å²) in [6, 6.07) is 11.7. The first-order valence-electron chi connectivity index (χ1n) is 5.89. The monoisotopic (exact) mass is 252 g/mol. The van der Waals surface area contributed by atoms with Crippen LogP contribution in [0.3, 0.4) is 0 Å². The molecule has 94 valence electrons. The van der Waals surface area contributed by atoms with Crippen LogP contribution in [0.1, 0.15) is 11.4 Å². The van der Waals surface area contributed by atoms with Crippen LogP contribution >= 0.6 is 0 Å². The summed E-state index contributed by atoms with van der Waals surface area (Å²) in [6.07, 6.45) is 3.85. The lowest BCUT2D eigenvalue weighted by Crippen LogP contribution is -1.92. The van der Waals surface area contributed by atoms with E-state index in [1.54, 1.807) is 18.5 Å². The maximum atomic E-state index is 5.82. The molecule has 0 radical (unpaired) electrons. The first-order valence-corrected chi connectivity index (χ1v) is 5.89. The lowest BCUT2D eigenvalue weighted by Gasteiger charge is -1.97. The number of pyridine rings is 1. The Morgan fingerprint density at radius 3 is 2.74 bits per heavy atom. The molecule has 0 saturated carbocycles. The van der Waals surface area contributed by atoms with Crippen molar-refractivity contribution in [3.05, 3.63) is 60.2 Å². The Hall–Kier alpha value is -2.69. The van der Waals surface area contributed by atoms with E-state index < -0.39 is 0 Å². The van der Waals surface area contributed by atoms with E-state index in [2.05, 4.69) is 15.1 Å². The Labute approximate surface area is 110 Å². The van der Waals surface area contributed by atoms with Crippen LogP contribution in [-0.4, -0.2) is 15.1 Å². The van der Waals surface area contributed by atoms with Crippen molar-refractivity contribution >= 4 is 5.69 Å². The van der Waals surface area contributed by atoms with E-state index in [1.165, 1.54) is 0 Å². The third kappa shape index (κ3) is 2.44.